The summed E-state index contributed by atoms with van der Waals surface area (Å²) in [5.41, 5.74) is 12.9. The number of para-hydroxylation sites is 1. The van der Waals surface area contributed by atoms with E-state index in [1.807, 2.05) is 110 Å². The molecule has 0 aliphatic carbocycles. The van der Waals surface area contributed by atoms with Crippen molar-refractivity contribution in [1.29, 1.82) is 21.0 Å². The van der Waals surface area contributed by atoms with Crippen LogP contribution in [0.5, 0.6) is 28.9 Å². The molecule has 0 bridgehead atoms. The summed E-state index contributed by atoms with van der Waals surface area (Å²) in [5, 5.41) is 44.2. The predicted molar refractivity (Wildman–Crippen MR) is 496 cm³/mol. The monoisotopic (exact) mass is 1780 g/mol. The molecule has 21 rings (SSSR count). The molecule has 0 fully saturated rings. The van der Waals surface area contributed by atoms with Crippen LogP contribution >= 0.6 is 0 Å². The molecule has 0 aliphatic rings. The molecule has 0 amide bonds. The highest BCUT2D eigenvalue weighted by Gasteiger charge is 2.28. The van der Waals surface area contributed by atoms with Crippen LogP contribution in [0.25, 0.3) is 166 Å². The second kappa shape index (κ2) is 34.8. The normalized spacial score (nSPS) is 11.1. The lowest BCUT2D eigenvalue weighted by Crippen LogP contribution is -2.21. The number of hydrogen-bond acceptors (Lipinski definition) is 21. The topological polar surface area (TPSA) is 357 Å². The highest BCUT2D eigenvalue weighted by atomic mass is 19.1. The highest BCUT2D eigenvalue weighted by Crippen LogP contribution is 2.43. The van der Waals surface area contributed by atoms with E-state index in [0.717, 1.165) is 79.7 Å². The number of methoxy groups -OCH3 is 5. The van der Waals surface area contributed by atoms with Crippen LogP contribution in [0.1, 0.15) is 22.3 Å². The molecule has 0 radical (unpaired) electrons. The van der Waals surface area contributed by atoms with Gasteiger partial charge in [-0.1, -0.05) is 24.3 Å². The van der Waals surface area contributed by atoms with Gasteiger partial charge in [-0.05, 0) is 121 Å². The van der Waals surface area contributed by atoms with Gasteiger partial charge < -0.3 is 23.7 Å². The van der Waals surface area contributed by atoms with Gasteiger partial charge in [-0.3, -0.25) is 71.1 Å². The molecule has 34 heteroatoms. The first-order chi connectivity index (χ1) is 64.9. The predicted octanol–water partition coefficient (Wildman–Crippen LogP) is 16.3. The molecule has 0 saturated carbocycles. The maximum atomic E-state index is 15.1. The summed E-state index contributed by atoms with van der Waals surface area (Å²) in [6.07, 6.45) is 16.7. The van der Waals surface area contributed by atoms with Crippen molar-refractivity contribution in [3.05, 3.63) is 325 Å². The average molecular weight is 1780 g/mol. The first kappa shape index (κ1) is 86.1. The number of benzene rings is 9. The Hall–Kier alpha value is -18.7. The fraction of sp³-hybridized carbons (Fsp3) is 0.100. The van der Waals surface area contributed by atoms with E-state index in [1.54, 1.807) is 147 Å². The van der Waals surface area contributed by atoms with Gasteiger partial charge in [0.2, 0.25) is 5.88 Å². The number of aromatic nitrogens is 17. The zero-order chi connectivity index (χ0) is 93.9. The van der Waals surface area contributed by atoms with Gasteiger partial charge in [0.25, 0.3) is 0 Å². The zero-order valence-corrected chi connectivity index (χ0v) is 72.6. The van der Waals surface area contributed by atoms with Crippen molar-refractivity contribution >= 4 is 98.6 Å². The van der Waals surface area contributed by atoms with Crippen molar-refractivity contribution in [1.82, 2.24) is 81.2 Å². The van der Waals surface area contributed by atoms with E-state index in [2.05, 4.69) is 40.0 Å². The second-order valence-corrected chi connectivity index (χ2v) is 30.7. The molecule has 656 valence electrons. The largest absolute Gasteiger partial charge is 0.496 e. The Morgan fingerprint density at radius 1 is 0.313 bits per heavy atom. The number of pyridine rings is 7. The molecule has 30 nitrogen and oxygen atoms in total. The van der Waals surface area contributed by atoms with E-state index in [4.69, 9.17) is 44.7 Å². The van der Waals surface area contributed by atoms with Crippen molar-refractivity contribution in [3.8, 4) is 120 Å². The number of fused-ring (bicyclic) bond motifs is 13. The van der Waals surface area contributed by atoms with Gasteiger partial charge in [0.05, 0.1) is 208 Å². The van der Waals surface area contributed by atoms with Crippen LogP contribution in [0.2, 0.25) is 0 Å². The van der Waals surface area contributed by atoms with Crippen LogP contribution in [0.4, 0.5) is 17.6 Å². The summed E-state index contributed by atoms with van der Waals surface area (Å²) >= 11 is 0. The Balaban J connectivity index is 0.000000120. The van der Waals surface area contributed by atoms with Crippen LogP contribution < -0.4 is 46.4 Å². The van der Waals surface area contributed by atoms with Gasteiger partial charge in [0.1, 0.15) is 46.3 Å². The van der Waals surface area contributed by atoms with Crippen LogP contribution in [0.15, 0.2) is 257 Å². The Morgan fingerprint density at radius 2 is 0.649 bits per heavy atom. The quantitative estimate of drug-likeness (QED) is 0.0967. The van der Waals surface area contributed by atoms with Crippen LogP contribution in [0.3, 0.4) is 0 Å². The molecule has 0 unspecified atom stereocenters. The van der Waals surface area contributed by atoms with E-state index in [1.165, 1.54) is 92.2 Å². The van der Waals surface area contributed by atoms with Crippen molar-refractivity contribution in [3.63, 3.8) is 0 Å². The minimum atomic E-state index is -0.674. The van der Waals surface area contributed by atoms with E-state index in [-0.39, 0.29) is 45.0 Å². The Bertz CT molecular complexity index is 8930. The zero-order valence-electron chi connectivity index (χ0n) is 72.6. The van der Waals surface area contributed by atoms with Crippen molar-refractivity contribution < 1.29 is 41.2 Å². The molecule has 0 saturated heterocycles. The smallest absolute Gasteiger partial charge is 0.333 e. The summed E-state index contributed by atoms with van der Waals surface area (Å²) in [7, 11) is 16.1. The SMILES string of the molecule is COc1cc2ncc3c(c2cc1-c1cccnc1)n(-c1ccc(C#N)cc1F)c(=O)n3C.COc1cc2ncc3c(c2cc1-c1cnc2ccccc2c1)n(-c1ccc(C#N)cc1F)c(=O)n3C.COc1cc2ncc3c(c2cc1-c1cnn(C)c1)n(-c1ccc(C#N)cc1F)c(=O)n3C.COc1ccc(-c2cc3c(cc2OC)ncc2c3n(-c3ccc(C#N)cc3F)c(=O)n2C)cn1. The molecule has 21 aromatic rings. The number of hydrogen-bond donors (Lipinski definition) is 0. The summed E-state index contributed by atoms with van der Waals surface area (Å²) in [4.78, 5) is 83.9. The van der Waals surface area contributed by atoms with Crippen molar-refractivity contribution in [2.24, 2.45) is 35.2 Å². The average Bonchev–Trinajstić information content (AvgIpc) is 1.58. The fourth-order valence-corrected chi connectivity index (χ4v) is 16.6. The van der Waals surface area contributed by atoms with E-state index in [0.29, 0.717) is 117 Å². The highest BCUT2D eigenvalue weighted by molar-refractivity contribution is 6.10. The van der Waals surface area contributed by atoms with Crippen LogP contribution in [0, 0.1) is 68.6 Å². The lowest BCUT2D eigenvalue weighted by Gasteiger charge is -2.13. The van der Waals surface area contributed by atoms with Gasteiger partial charge in [0, 0.05) is 168 Å². The van der Waals surface area contributed by atoms with Gasteiger partial charge in [-0.25, -0.2) is 41.7 Å². The molecule has 0 atom stereocenters. The molecular weight excluding hydrogens is 1720 g/mol. The van der Waals surface area contributed by atoms with E-state index >= 15 is 4.39 Å². The van der Waals surface area contributed by atoms with Gasteiger partial charge in [-0.15, -0.1) is 0 Å². The van der Waals surface area contributed by atoms with E-state index in [9.17, 15) is 32.3 Å². The molecule has 12 aromatic heterocycles. The Labute approximate surface area is 754 Å². The molecule has 12 heterocycles. The number of ether oxygens (including phenoxy) is 5. The first-order valence-electron chi connectivity index (χ1n) is 40.8. The molecule has 0 spiro atoms. The van der Waals surface area contributed by atoms with Crippen molar-refractivity contribution in [2.75, 3.05) is 35.5 Å². The number of rotatable bonds is 13. The fourth-order valence-electron chi connectivity index (χ4n) is 16.6. The molecular formula is C100H69F4N21O9. The summed E-state index contributed by atoms with van der Waals surface area (Å²) < 4.78 is 100. The van der Waals surface area contributed by atoms with Gasteiger partial charge in [-0.2, -0.15) is 26.1 Å². The number of halogens is 4. The third kappa shape index (κ3) is 14.8. The maximum Gasteiger partial charge on any atom is 0.333 e. The summed E-state index contributed by atoms with van der Waals surface area (Å²) in [6, 6.07) is 55.6. The van der Waals surface area contributed by atoms with Gasteiger partial charge in [0.15, 0.2) is 0 Å². The standard InChI is InChI=1S/C28H18FN5O2.C25H18FN5O3.C24H16FN5O2.C23H17FN6O2/c1-33-25-15-32-23-12-26(36-2)19(18-10-17-5-3-4-6-22(17)31-14-18)11-20(23)27(25)34(28(33)35)24-8-7-16(13-30)9-21(24)29;1-30-21-13-28-19-10-22(33-2)16(15-5-7-23(34-3)29-12-15)9-17(19)24(21)31(25(30)32)20-6-4-14(11-27)8-18(20)26;1-29-21-13-28-19-10-22(32-2)16(15-4-3-7-27-12-15)9-17(19)23(21)30(24(29)31)20-6-5-14(11-26)8-18(20)25;1-28-12-14(10-27-28)15-7-16-18(8-21(15)32-3)26-11-20-22(16)30(23(31)29(20)2)19-5-4-13(9-25)6-17(19)24/h3-12,14-15H,1-2H3;4-10,12-13H,1-3H3;3-10,12-13H,1-2H3;4-8,10-12H,1-3H3. The molecule has 0 aliphatic heterocycles. The number of aryl methyl sites for hydroxylation is 5. The van der Waals surface area contributed by atoms with Crippen molar-refractivity contribution in [2.45, 2.75) is 0 Å². The number of nitriles is 4. The van der Waals surface area contributed by atoms with Gasteiger partial charge >= 0.3 is 22.8 Å². The number of imidazole rings is 4. The Kier molecular flexibility index (Phi) is 22.4. The third-order valence-corrected chi connectivity index (χ3v) is 23.2. The summed E-state index contributed by atoms with van der Waals surface area (Å²) in [5.74, 6) is 0.183. The number of nitrogens with zero attached hydrogens (tertiary/aromatic N) is 21. The molecule has 9 aromatic carbocycles. The minimum Gasteiger partial charge on any atom is -0.496 e. The Morgan fingerprint density at radius 3 is 0.955 bits per heavy atom. The van der Waals surface area contributed by atoms with Crippen LogP contribution in [-0.4, -0.2) is 117 Å². The first-order valence-corrected chi connectivity index (χ1v) is 40.8. The summed E-state index contributed by atoms with van der Waals surface area (Å²) in [6.45, 7) is 0. The lowest BCUT2D eigenvalue weighted by atomic mass is 10.0. The minimum absolute atomic E-state index is 0.0468. The second-order valence-electron chi connectivity index (χ2n) is 30.7. The lowest BCUT2D eigenvalue weighted by molar-refractivity contribution is 0.398. The third-order valence-electron chi connectivity index (χ3n) is 23.2. The molecule has 134 heavy (non-hydrogen) atoms. The maximum absolute atomic E-state index is 15.1. The molecule has 0 N–H and O–H groups in total. The van der Waals surface area contributed by atoms with E-state index < -0.39 is 46.0 Å². The van der Waals surface area contributed by atoms with Crippen LogP contribution in [-0.2, 0) is 35.2 Å².